The number of ether oxygens (including phenoxy) is 2. The lowest BCUT2D eigenvalue weighted by atomic mass is 9.92. The first-order chi connectivity index (χ1) is 17.4. The Morgan fingerprint density at radius 2 is 1.92 bits per heavy atom. The fourth-order valence-electron chi connectivity index (χ4n) is 4.80. The van der Waals surface area contributed by atoms with Crippen LogP contribution in [0.4, 0.5) is 14.5 Å². The van der Waals surface area contributed by atoms with Gasteiger partial charge < -0.3 is 28.6 Å². The number of aliphatic hydroxyl groups is 1. The van der Waals surface area contributed by atoms with E-state index in [-0.39, 0.29) is 29.4 Å². The summed E-state index contributed by atoms with van der Waals surface area (Å²) in [7, 11) is 1.19. The number of hydrogen-bond acceptors (Lipinski definition) is 6. The normalized spacial score (nSPS) is 18.1. The van der Waals surface area contributed by atoms with Crippen LogP contribution in [0.15, 0.2) is 42.5 Å². The summed E-state index contributed by atoms with van der Waals surface area (Å²) in [6, 6.07) is 12.3. The van der Waals surface area contributed by atoms with Crippen LogP contribution in [0.5, 0.6) is 11.5 Å². The number of carbonyl (C=O) groups is 1. The van der Waals surface area contributed by atoms with Gasteiger partial charge in [-0.3, -0.25) is 4.79 Å². The predicted molar refractivity (Wildman–Crippen MR) is 146 cm³/mol. The first-order valence-electron chi connectivity index (χ1n) is 11.9. The zero-order valence-electron chi connectivity index (χ0n) is 20.5. The lowest BCUT2D eigenvalue weighted by molar-refractivity contribution is -0.286. The second-order valence-corrected chi connectivity index (χ2v) is 12.0. The lowest BCUT2D eigenvalue weighted by Crippen LogP contribution is -2.28. The van der Waals surface area contributed by atoms with Crippen molar-refractivity contribution in [2.24, 2.45) is 0 Å². The van der Waals surface area contributed by atoms with Gasteiger partial charge in [0, 0.05) is 48.9 Å². The number of nitrogens with one attached hydrogen (secondary N) is 1. The molecule has 2 heterocycles. The van der Waals surface area contributed by atoms with Crippen LogP contribution in [-0.4, -0.2) is 34.6 Å². The van der Waals surface area contributed by atoms with Crippen LogP contribution in [0.3, 0.4) is 0 Å². The molecule has 1 amide bonds. The van der Waals surface area contributed by atoms with E-state index in [2.05, 4.69) is 46.2 Å². The molecule has 1 aromatic heterocycles. The first kappa shape index (κ1) is 26.5. The Morgan fingerprint density at radius 3 is 2.59 bits per heavy atom. The highest BCUT2D eigenvalue weighted by Gasteiger charge is 2.52. The smallest absolute Gasteiger partial charge is 0.395 e. The van der Waals surface area contributed by atoms with E-state index in [0.29, 0.717) is 30.6 Å². The predicted octanol–water partition coefficient (Wildman–Crippen LogP) is 6.31. The van der Waals surface area contributed by atoms with Gasteiger partial charge in [-0.15, -0.1) is 8.78 Å². The zero-order valence-corrected chi connectivity index (χ0v) is 23.5. The van der Waals surface area contributed by atoms with E-state index in [1.54, 1.807) is 6.07 Å². The number of nitrogens with zero attached hydrogens (tertiary/aromatic N) is 1. The molecule has 1 aliphatic heterocycles. The molecule has 1 fully saturated rings. The molecule has 11 heteroatoms. The van der Waals surface area contributed by atoms with Crippen molar-refractivity contribution in [3.05, 3.63) is 53.7 Å². The van der Waals surface area contributed by atoms with E-state index in [4.69, 9.17) is 4.18 Å². The number of halogens is 3. The molecular weight excluding hydrogens is 617 g/mol. The van der Waals surface area contributed by atoms with Gasteiger partial charge in [-0.1, -0.05) is 26.8 Å². The molecule has 1 atom stereocenters. The third-order valence-corrected chi connectivity index (χ3v) is 7.75. The van der Waals surface area contributed by atoms with Gasteiger partial charge in [-0.05, 0) is 54.8 Å². The number of amides is 1. The molecule has 0 bridgehead atoms. The summed E-state index contributed by atoms with van der Waals surface area (Å²) in [5.74, 6) is -0.306. The second kappa shape index (κ2) is 9.58. The molecule has 3 aromatic rings. The molecule has 198 valence electrons. The first-order valence-corrected chi connectivity index (χ1v) is 15.1. The SMILES string of the molecule is CC(C)(C)c1cc2cc(NC(=O)C3(c4ccc5c(c4)OC(F)(F)O5)CC3)ccc2n1CC(O)COSI. The Labute approximate surface area is 229 Å². The Balaban J connectivity index is 1.39. The number of carbonyl (C=O) groups excluding carboxylic acids is 1. The second-order valence-electron chi connectivity index (χ2n) is 10.5. The molecule has 0 spiro atoms. The highest BCUT2D eigenvalue weighted by Crippen LogP contribution is 2.52. The van der Waals surface area contributed by atoms with Crippen molar-refractivity contribution >= 4 is 52.9 Å². The van der Waals surface area contributed by atoms with Crippen LogP contribution in [0, 0.1) is 0 Å². The number of alkyl halides is 2. The van der Waals surface area contributed by atoms with E-state index in [1.807, 2.05) is 39.4 Å². The molecule has 0 saturated heterocycles. The van der Waals surface area contributed by atoms with E-state index < -0.39 is 17.8 Å². The number of aromatic nitrogens is 1. The highest BCUT2D eigenvalue weighted by atomic mass is 127. The van der Waals surface area contributed by atoms with Crippen LogP contribution >= 0.6 is 30.4 Å². The van der Waals surface area contributed by atoms with E-state index in [1.165, 1.54) is 21.3 Å². The minimum atomic E-state index is -3.70. The fourth-order valence-corrected chi connectivity index (χ4v) is 5.45. The molecule has 2 aromatic carbocycles. The lowest BCUT2D eigenvalue weighted by Gasteiger charge is -2.23. The van der Waals surface area contributed by atoms with Crippen molar-refractivity contribution < 1.29 is 32.3 Å². The van der Waals surface area contributed by atoms with Gasteiger partial charge >= 0.3 is 6.29 Å². The Morgan fingerprint density at radius 1 is 1.19 bits per heavy atom. The zero-order chi connectivity index (χ0) is 26.6. The third-order valence-electron chi connectivity index (χ3n) is 6.76. The fraction of sp³-hybridized carbons (Fsp3) is 0.423. The summed E-state index contributed by atoms with van der Waals surface area (Å²) in [6.07, 6.45) is -3.15. The monoisotopic (exact) mass is 644 g/mol. The third kappa shape index (κ3) is 5.27. The Kier molecular flexibility index (Phi) is 6.87. The van der Waals surface area contributed by atoms with Gasteiger partial charge in [0.2, 0.25) is 5.91 Å². The summed E-state index contributed by atoms with van der Waals surface area (Å²) >= 11 is 2.02. The minimum absolute atomic E-state index is 0.0423. The summed E-state index contributed by atoms with van der Waals surface area (Å²) < 4.78 is 43.3. The Bertz CT molecular complexity index is 1350. The van der Waals surface area contributed by atoms with E-state index in [0.717, 1.165) is 16.6 Å². The molecular formula is C26H27F2IN2O5S. The van der Waals surface area contributed by atoms with Crippen molar-refractivity contribution in [1.82, 2.24) is 4.57 Å². The van der Waals surface area contributed by atoms with Crippen molar-refractivity contribution in [3.63, 3.8) is 0 Å². The topological polar surface area (TPSA) is 82.0 Å². The maximum absolute atomic E-state index is 13.4. The molecule has 5 rings (SSSR count). The van der Waals surface area contributed by atoms with Gasteiger partial charge in [0.1, 0.15) is 0 Å². The molecule has 2 N–H and O–H groups in total. The molecule has 2 aliphatic rings. The molecule has 0 radical (unpaired) electrons. The molecule has 1 saturated carbocycles. The van der Waals surface area contributed by atoms with Crippen LogP contribution < -0.4 is 14.8 Å². The van der Waals surface area contributed by atoms with Crippen molar-refractivity contribution in [2.75, 3.05) is 11.9 Å². The molecule has 1 unspecified atom stereocenters. The van der Waals surface area contributed by atoms with E-state index >= 15 is 0 Å². The quantitative estimate of drug-likeness (QED) is 0.221. The summed E-state index contributed by atoms with van der Waals surface area (Å²) in [4.78, 5) is 13.4. The number of anilines is 1. The number of benzene rings is 2. The molecule has 37 heavy (non-hydrogen) atoms. The summed E-state index contributed by atoms with van der Waals surface area (Å²) in [5, 5.41) is 14.4. The van der Waals surface area contributed by atoms with Gasteiger partial charge in [-0.2, -0.15) is 0 Å². The standard InChI is InChI=1S/C26H27F2IN2O5S/c1-24(2,3)22-11-15-10-17(5-6-19(15)31(22)13-18(32)14-34-37-29)30-23(33)25(8-9-25)16-4-7-20-21(12-16)36-26(27,28)35-20/h4-7,10-12,18,32H,8-9,13-14H2,1-3H3,(H,30,33). The number of rotatable bonds is 8. The van der Waals surface area contributed by atoms with Crippen LogP contribution in [0.25, 0.3) is 10.9 Å². The maximum Gasteiger partial charge on any atom is 0.586 e. The van der Waals surface area contributed by atoms with Gasteiger partial charge in [0.15, 0.2) is 11.5 Å². The number of aliphatic hydroxyl groups excluding tert-OH is 1. The van der Waals surface area contributed by atoms with Crippen molar-refractivity contribution in [1.29, 1.82) is 0 Å². The molecule has 1 aliphatic carbocycles. The average molecular weight is 644 g/mol. The summed E-state index contributed by atoms with van der Waals surface area (Å²) in [6.45, 7) is 6.93. The number of fused-ring (bicyclic) bond motifs is 2. The molecule has 7 nitrogen and oxygen atoms in total. The van der Waals surface area contributed by atoms with Gasteiger partial charge in [-0.25, -0.2) is 0 Å². The largest absolute Gasteiger partial charge is 0.586 e. The highest BCUT2D eigenvalue weighted by molar-refractivity contribution is 14.2. The van der Waals surface area contributed by atoms with Gasteiger partial charge in [0.25, 0.3) is 0 Å². The Hall–Kier alpha value is -2.09. The summed E-state index contributed by atoms with van der Waals surface area (Å²) in [5.41, 5.74) is 2.29. The van der Waals surface area contributed by atoms with E-state index in [9.17, 15) is 18.7 Å². The van der Waals surface area contributed by atoms with Crippen LogP contribution in [0.2, 0.25) is 0 Å². The van der Waals surface area contributed by atoms with Crippen molar-refractivity contribution in [2.45, 2.75) is 63.4 Å². The maximum atomic E-state index is 13.4. The average Bonchev–Trinajstić information content (AvgIpc) is 3.46. The van der Waals surface area contributed by atoms with Crippen molar-refractivity contribution in [3.8, 4) is 11.5 Å². The minimum Gasteiger partial charge on any atom is -0.395 e. The number of hydrogen-bond donors (Lipinski definition) is 2. The van der Waals surface area contributed by atoms with Crippen LogP contribution in [-0.2, 0) is 26.4 Å². The van der Waals surface area contributed by atoms with Gasteiger partial charge in [0.05, 0.1) is 33.9 Å². The van der Waals surface area contributed by atoms with Crippen LogP contribution in [0.1, 0.15) is 44.9 Å².